The minimum absolute atomic E-state index is 0.0669. The Morgan fingerprint density at radius 3 is 2.30 bits per heavy atom. The fourth-order valence-electron chi connectivity index (χ4n) is 3.15. The minimum atomic E-state index is -4.02. The summed E-state index contributed by atoms with van der Waals surface area (Å²) in [4.78, 5) is 27.2. The Balaban J connectivity index is 2.34. The van der Waals surface area contributed by atoms with Gasteiger partial charge in [0.25, 0.3) is 0 Å². The van der Waals surface area contributed by atoms with Crippen molar-refractivity contribution in [3.8, 4) is 0 Å². The van der Waals surface area contributed by atoms with Gasteiger partial charge in [-0.25, -0.2) is 17.2 Å². The van der Waals surface area contributed by atoms with Crippen molar-refractivity contribution in [2.75, 3.05) is 23.7 Å². The van der Waals surface area contributed by atoms with E-state index in [2.05, 4.69) is 5.32 Å². The molecule has 0 bridgehead atoms. The van der Waals surface area contributed by atoms with E-state index in [0.29, 0.717) is 16.9 Å². The number of benzene rings is 2. The van der Waals surface area contributed by atoms with E-state index in [1.54, 1.807) is 31.2 Å². The summed E-state index contributed by atoms with van der Waals surface area (Å²) in [7, 11) is -4.02. The van der Waals surface area contributed by atoms with Crippen molar-refractivity contribution in [3.05, 3.63) is 65.7 Å². The van der Waals surface area contributed by atoms with Gasteiger partial charge in [-0.05, 0) is 31.0 Å². The summed E-state index contributed by atoms with van der Waals surface area (Å²) in [6.45, 7) is 3.39. The number of nitrogens with one attached hydrogen (secondary N) is 1. The number of unbranched alkanes of at least 4 members (excludes halogenated alkanes) is 1. The second-order valence-corrected chi connectivity index (χ2v) is 9.60. The van der Waals surface area contributed by atoms with Crippen LogP contribution in [0.1, 0.15) is 32.3 Å². The highest BCUT2D eigenvalue weighted by Crippen LogP contribution is 2.21. The van der Waals surface area contributed by atoms with Crippen LogP contribution < -0.4 is 9.62 Å². The van der Waals surface area contributed by atoms with Crippen molar-refractivity contribution in [2.24, 2.45) is 0 Å². The Labute approximate surface area is 193 Å². The zero-order valence-electron chi connectivity index (χ0n) is 18.9. The largest absolute Gasteiger partial charge is 0.354 e. The Kier molecular flexibility index (Phi) is 9.33. The molecule has 2 amide bonds. The maximum absolute atomic E-state index is 13.7. The van der Waals surface area contributed by atoms with Gasteiger partial charge in [-0.3, -0.25) is 13.9 Å². The van der Waals surface area contributed by atoms with Crippen molar-refractivity contribution in [1.29, 1.82) is 0 Å². The summed E-state index contributed by atoms with van der Waals surface area (Å²) in [6, 6.07) is 10.6. The van der Waals surface area contributed by atoms with E-state index < -0.39 is 40.2 Å². The van der Waals surface area contributed by atoms with Crippen LogP contribution in [0.5, 0.6) is 0 Å². The van der Waals surface area contributed by atoms with Gasteiger partial charge in [0, 0.05) is 19.2 Å². The molecule has 0 spiro atoms. The van der Waals surface area contributed by atoms with Crippen LogP contribution in [0.3, 0.4) is 0 Å². The van der Waals surface area contributed by atoms with Gasteiger partial charge < -0.3 is 10.2 Å². The van der Waals surface area contributed by atoms with Crippen LogP contribution in [-0.2, 0) is 26.2 Å². The first-order valence-corrected chi connectivity index (χ1v) is 12.4. The molecule has 0 aliphatic carbocycles. The summed E-state index contributed by atoms with van der Waals surface area (Å²) in [5, 5.41) is 2.78. The second kappa shape index (κ2) is 11.7. The van der Waals surface area contributed by atoms with Crippen molar-refractivity contribution in [3.63, 3.8) is 0 Å². The van der Waals surface area contributed by atoms with Crippen molar-refractivity contribution in [1.82, 2.24) is 10.2 Å². The third-order valence-electron chi connectivity index (χ3n) is 5.06. The highest BCUT2D eigenvalue weighted by molar-refractivity contribution is 7.92. The lowest BCUT2D eigenvalue weighted by atomic mass is 10.1. The van der Waals surface area contributed by atoms with Crippen LogP contribution >= 0.6 is 0 Å². The average Bonchev–Trinajstić information content (AvgIpc) is 2.77. The third kappa shape index (κ3) is 7.52. The molecule has 0 aliphatic rings. The molecule has 0 saturated heterocycles. The van der Waals surface area contributed by atoms with E-state index in [0.717, 1.165) is 36.8 Å². The van der Waals surface area contributed by atoms with E-state index in [4.69, 9.17) is 0 Å². The van der Waals surface area contributed by atoms with Gasteiger partial charge in [0.05, 0.1) is 11.9 Å². The number of carbonyl (C=O) groups excluding carboxylic acids is 2. The van der Waals surface area contributed by atoms with Gasteiger partial charge in [0.1, 0.15) is 12.6 Å². The lowest BCUT2D eigenvalue weighted by Crippen LogP contribution is -2.51. The Morgan fingerprint density at radius 2 is 1.73 bits per heavy atom. The fourth-order valence-corrected chi connectivity index (χ4v) is 3.99. The zero-order chi connectivity index (χ0) is 24.6. The van der Waals surface area contributed by atoms with E-state index in [9.17, 15) is 26.8 Å². The number of nitrogens with zero attached hydrogens (tertiary/aromatic N) is 2. The van der Waals surface area contributed by atoms with E-state index in [-0.39, 0.29) is 18.1 Å². The Bertz CT molecular complexity index is 1060. The summed E-state index contributed by atoms with van der Waals surface area (Å²) < 4.78 is 52.6. The molecule has 2 rings (SSSR count). The molecule has 10 heteroatoms. The number of anilines is 1. The van der Waals surface area contributed by atoms with Crippen molar-refractivity contribution < 1.29 is 26.8 Å². The van der Waals surface area contributed by atoms with E-state index >= 15 is 0 Å². The summed E-state index contributed by atoms with van der Waals surface area (Å²) in [5.74, 6) is -3.40. The molecule has 0 radical (unpaired) electrons. The van der Waals surface area contributed by atoms with Gasteiger partial charge in [0.15, 0.2) is 11.6 Å². The first-order chi connectivity index (χ1) is 15.5. The monoisotopic (exact) mass is 481 g/mol. The van der Waals surface area contributed by atoms with Gasteiger partial charge >= 0.3 is 0 Å². The molecule has 0 fully saturated rings. The van der Waals surface area contributed by atoms with Crippen LogP contribution in [0.15, 0.2) is 48.5 Å². The number of sulfonamides is 1. The van der Waals surface area contributed by atoms with Crippen molar-refractivity contribution in [2.45, 2.75) is 39.3 Å². The van der Waals surface area contributed by atoms with Gasteiger partial charge in [-0.2, -0.15) is 0 Å². The van der Waals surface area contributed by atoms with E-state index in [1.807, 2.05) is 13.0 Å². The Hall–Kier alpha value is -3.01. The third-order valence-corrected chi connectivity index (χ3v) is 6.20. The summed E-state index contributed by atoms with van der Waals surface area (Å²) >= 11 is 0. The molecule has 0 aromatic heterocycles. The number of amides is 2. The molecule has 1 unspecified atom stereocenters. The predicted molar refractivity (Wildman–Crippen MR) is 123 cm³/mol. The normalized spacial score (nSPS) is 12.2. The average molecular weight is 482 g/mol. The molecule has 33 heavy (non-hydrogen) atoms. The van der Waals surface area contributed by atoms with Crippen molar-refractivity contribution >= 4 is 27.5 Å². The predicted octanol–water partition coefficient (Wildman–Crippen LogP) is 3.06. The maximum atomic E-state index is 13.7. The highest BCUT2D eigenvalue weighted by Gasteiger charge is 2.30. The number of rotatable bonds is 11. The fraction of sp³-hybridized carbons (Fsp3) is 0.391. The molecule has 1 atom stereocenters. The first-order valence-electron chi connectivity index (χ1n) is 10.6. The highest BCUT2D eigenvalue weighted by atomic mass is 32.2. The smallest absolute Gasteiger partial charge is 0.244 e. The lowest BCUT2D eigenvalue weighted by molar-refractivity contribution is -0.139. The molecule has 7 nitrogen and oxygen atoms in total. The lowest BCUT2D eigenvalue weighted by Gasteiger charge is -2.31. The molecular weight excluding hydrogens is 452 g/mol. The molecule has 2 aromatic rings. The minimum Gasteiger partial charge on any atom is -0.354 e. The quantitative estimate of drug-likeness (QED) is 0.500. The molecule has 0 heterocycles. The Morgan fingerprint density at radius 1 is 1.06 bits per heavy atom. The van der Waals surface area contributed by atoms with Gasteiger partial charge in [-0.1, -0.05) is 43.7 Å². The molecule has 0 saturated carbocycles. The standard InChI is InChI=1S/C23H29F2N3O4S/c1-4-5-13-26-23(30)17(2)27(15-18-9-7-6-8-10-18)22(29)16-28(33(3,31)32)19-11-12-20(24)21(25)14-19/h6-12,14,17H,4-5,13,15-16H2,1-3H3,(H,26,30). The first kappa shape index (κ1) is 26.2. The summed E-state index contributed by atoms with van der Waals surface area (Å²) in [6.07, 6.45) is 2.53. The molecular formula is C23H29F2N3O4S. The number of carbonyl (C=O) groups is 2. The van der Waals surface area contributed by atoms with Gasteiger partial charge in [-0.15, -0.1) is 0 Å². The topological polar surface area (TPSA) is 86.8 Å². The van der Waals surface area contributed by atoms with E-state index in [1.165, 1.54) is 4.90 Å². The number of hydrogen-bond acceptors (Lipinski definition) is 4. The molecule has 2 aromatic carbocycles. The van der Waals surface area contributed by atoms with Crippen LogP contribution in [0, 0.1) is 11.6 Å². The molecule has 1 N–H and O–H groups in total. The van der Waals surface area contributed by atoms with Crippen LogP contribution in [0.25, 0.3) is 0 Å². The molecule has 0 aliphatic heterocycles. The summed E-state index contributed by atoms with van der Waals surface area (Å²) in [5.41, 5.74) is 0.558. The molecule has 180 valence electrons. The number of hydrogen-bond donors (Lipinski definition) is 1. The second-order valence-electron chi connectivity index (χ2n) is 7.70. The van der Waals surface area contributed by atoms with Crippen LogP contribution in [-0.4, -0.2) is 50.5 Å². The van der Waals surface area contributed by atoms with Crippen LogP contribution in [0.2, 0.25) is 0 Å². The van der Waals surface area contributed by atoms with Crippen LogP contribution in [0.4, 0.5) is 14.5 Å². The van der Waals surface area contributed by atoms with Gasteiger partial charge in [0.2, 0.25) is 21.8 Å². The zero-order valence-corrected chi connectivity index (χ0v) is 19.7. The maximum Gasteiger partial charge on any atom is 0.244 e. The number of halogens is 2. The SMILES string of the molecule is CCCCNC(=O)C(C)N(Cc1ccccc1)C(=O)CN(c1ccc(F)c(F)c1)S(C)(=O)=O.